The Morgan fingerprint density at radius 1 is 0.818 bits per heavy atom. The van der Waals surface area contributed by atoms with Crippen LogP contribution in [0.3, 0.4) is 0 Å². The van der Waals surface area contributed by atoms with Crippen molar-refractivity contribution in [2.75, 3.05) is 0 Å². The van der Waals surface area contributed by atoms with E-state index in [9.17, 15) is 0 Å². The molecule has 0 radical (unpaired) electrons. The zero-order chi connectivity index (χ0) is 23.1. The molecule has 3 heterocycles. The van der Waals surface area contributed by atoms with E-state index in [1.807, 2.05) is 0 Å². The molecule has 5 aromatic rings. The monoisotopic (exact) mass is 434 g/mol. The highest BCUT2D eigenvalue weighted by molar-refractivity contribution is 6.11. The van der Waals surface area contributed by atoms with Crippen LogP contribution >= 0.6 is 0 Å². The van der Waals surface area contributed by atoms with Gasteiger partial charge in [0.1, 0.15) is 11.1 Å². The van der Waals surface area contributed by atoms with E-state index in [0.29, 0.717) is 0 Å². The molecule has 0 bridgehead atoms. The van der Waals surface area contributed by atoms with Crippen molar-refractivity contribution in [2.45, 2.75) is 65.3 Å². The molecular formula is C30H32N3+. The number of nitrogens with zero attached hydrogens (tertiary/aromatic N) is 3. The summed E-state index contributed by atoms with van der Waals surface area (Å²) in [5, 5.41) is 9.31. The van der Waals surface area contributed by atoms with E-state index >= 15 is 0 Å². The number of fused-ring (bicyclic) bond motifs is 10. The summed E-state index contributed by atoms with van der Waals surface area (Å²) in [6, 6.07) is 22.3. The lowest BCUT2D eigenvalue weighted by atomic mass is 9.61. The smallest absolute Gasteiger partial charge is 0.189 e. The summed E-state index contributed by atoms with van der Waals surface area (Å²) in [6.45, 7) is 13.9. The maximum absolute atomic E-state index is 5.48. The first-order valence-corrected chi connectivity index (χ1v) is 12.2. The van der Waals surface area contributed by atoms with Gasteiger partial charge >= 0.3 is 5.65 Å². The Labute approximate surface area is 195 Å². The van der Waals surface area contributed by atoms with E-state index in [2.05, 4.69) is 111 Å². The molecule has 0 saturated heterocycles. The van der Waals surface area contributed by atoms with Crippen LogP contribution in [0.15, 0.2) is 60.7 Å². The van der Waals surface area contributed by atoms with Gasteiger partial charge in [-0.15, -0.1) is 0 Å². The Morgan fingerprint density at radius 3 is 2.24 bits per heavy atom. The second-order valence-corrected chi connectivity index (χ2v) is 10.2. The van der Waals surface area contributed by atoms with Crippen LogP contribution in [0.4, 0.5) is 0 Å². The number of benzene rings is 3. The van der Waals surface area contributed by atoms with Gasteiger partial charge in [0.2, 0.25) is 0 Å². The van der Waals surface area contributed by atoms with Gasteiger partial charge in [-0.1, -0.05) is 80.1 Å². The number of hydrogen-bond donors (Lipinski definition) is 0. The third-order valence-electron chi connectivity index (χ3n) is 8.88. The summed E-state index contributed by atoms with van der Waals surface area (Å²) in [5.74, 6) is 1.21. The van der Waals surface area contributed by atoms with Gasteiger partial charge < -0.3 is 0 Å². The van der Waals surface area contributed by atoms with Crippen molar-refractivity contribution in [3.05, 3.63) is 77.4 Å². The lowest BCUT2D eigenvalue weighted by Crippen LogP contribution is -2.53. The summed E-state index contributed by atoms with van der Waals surface area (Å²) >= 11 is 0. The molecule has 2 unspecified atom stereocenters. The van der Waals surface area contributed by atoms with E-state index in [1.54, 1.807) is 0 Å². The van der Waals surface area contributed by atoms with Gasteiger partial charge in [0.15, 0.2) is 0 Å². The van der Waals surface area contributed by atoms with Crippen LogP contribution in [0.5, 0.6) is 0 Å². The van der Waals surface area contributed by atoms with Gasteiger partial charge in [0.25, 0.3) is 5.82 Å². The van der Waals surface area contributed by atoms with Crippen molar-refractivity contribution < 1.29 is 4.40 Å². The lowest BCUT2D eigenvalue weighted by molar-refractivity contribution is -0.470. The number of rotatable bonds is 2. The predicted octanol–water partition coefficient (Wildman–Crippen LogP) is 7.02. The summed E-state index contributed by atoms with van der Waals surface area (Å²) in [5.41, 5.74) is 7.47. The summed E-state index contributed by atoms with van der Waals surface area (Å²) in [6.07, 6.45) is 2.08. The summed E-state index contributed by atoms with van der Waals surface area (Å²) in [4.78, 5) is 0. The zero-order valence-electron chi connectivity index (χ0n) is 20.5. The van der Waals surface area contributed by atoms with E-state index in [-0.39, 0.29) is 11.0 Å². The predicted molar refractivity (Wildman–Crippen MR) is 137 cm³/mol. The minimum absolute atomic E-state index is 0.0103. The average molecular weight is 435 g/mol. The fourth-order valence-corrected chi connectivity index (χ4v) is 6.49. The molecule has 2 aromatic heterocycles. The largest absolute Gasteiger partial charge is 0.315 e. The molecule has 0 saturated carbocycles. The molecule has 33 heavy (non-hydrogen) atoms. The fourth-order valence-electron chi connectivity index (χ4n) is 6.49. The van der Waals surface area contributed by atoms with Crippen LogP contribution < -0.4 is 4.40 Å². The minimum Gasteiger partial charge on any atom is -0.189 e. The third kappa shape index (κ3) is 2.30. The van der Waals surface area contributed by atoms with E-state index < -0.39 is 0 Å². The van der Waals surface area contributed by atoms with Crippen LogP contribution in [0.2, 0.25) is 0 Å². The molecule has 0 fully saturated rings. The molecule has 0 aliphatic carbocycles. The molecule has 1 aliphatic heterocycles. The molecular weight excluding hydrogens is 402 g/mol. The summed E-state index contributed by atoms with van der Waals surface area (Å²) in [7, 11) is 0. The molecule has 3 heteroatoms. The quantitative estimate of drug-likeness (QED) is 0.216. The second-order valence-electron chi connectivity index (χ2n) is 10.2. The highest BCUT2D eigenvalue weighted by Crippen LogP contribution is 2.52. The number of aromatic nitrogens is 3. The van der Waals surface area contributed by atoms with Crippen molar-refractivity contribution in [3.8, 4) is 11.4 Å². The van der Waals surface area contributed by atoms with Gasteiger partial charge in [-0.05, 0) is 61.8 Å². The van der Waals surface area contributed by atoms with Gasteiger partial charge in [-0.25, -0.2) is 0 Å². The highest BCUT2D eigenvalue weighted by Gasteiger charge is 2.56. The Bertz CT molecular complexity index is 1590. The third-order valence-corrected chi connectivity index (χ3v) is 8.88. The minimum atomic E-state index is -0.137. The van der Waals surface area contributed by atoms with Crippen LogP contribution in [0.25, 0.3) is 38.7 Å². The zero-order valence-corrected chi connectivity index (χ0v) is 20.5. The molecule has 1 aliphatic rings. The number of para-hydroxylation sites is 1. The molecule has 2 atom stereocenters. The molecule has 0 spiro atoms. The number of pyridine rings is 1. The first kappa shape index (κ1) is 20.4. The van der Waals surface area contributed by atoms with E-state index in [1.165, 1.54) is 49.8 Å². The SMILES string of the molecule is CCC1(C)c2ccccc2-c2n(nc3c4c(C)cccc4c4cccc(C)c4[n+]23)C1(C)CC. The first-order chi connectivity index (χ1) is 15.9. The van der Waals surface area contributed by atoms with Gasteiger partial charge in [0.05, 0.1) is 10.9 Å². The second kappa shape index (κ2) is 6.66. The van der Waals surface area contributed by atoms with Crippen molar-refractivity contribution in [1.82, 2.24) is 9.78 Å². The van der Waals surface area contributed by atoms with Gasteiger partial charge in [-0.2, -0.15) is 4.40 Å². The molecule has 6 rings (SSSR count). The van der Waals surface area contributed by atoms with Crippen LogP contribution in [0, 0.1) is 13.8 Å². The van der Waals surface area contributed by atoms with Crippen molar-refractivity contribution >= 4 is 27.3 Å². The maximum atomic E-state index is 5.48. The summed E-state index contributed by atoms with van der Waals surface area (Å²) < 4.78 is 4.84. The normalized spacial score (nSPS) is 22.1. The fraction of sp³-hybridized carbons (Fsp3) is 0.333. The first-order valence-electron chi connectivity index (χ1n) is 12.2. The Morgan fingerprint density at radius 2 is 1.52 bits per heavy atom. The standard InChI is InChI=1S/C30H32N3/c1-7-29(5)24-18-10-9-15-23(24)28-32-26-20(4)14-12-17-22(26)21-16-11-13-19(3)25(21)27(32)31-33(28)30(29,6)8-2/h9-18H,7-8H2,1-6H3/q+1. The van der Waals surface area contributed by atoms with Gasteiger partial charge in [-0.3, -0.25) is 0 Å². The van der Waals surface area contributed by atoms with Crippen LogP contribution in [0.1, 0.15) is 57.2 Å². The average Bonchev–Trinajstić information content (AvgIpc) is 3.23. The number of aryl methyl sites for hydroxylation is 2. The molecule has 0 N–H and O–H groups in total. The van der Waals surface area contributed by atoms with E-state index in [0.717, 1.165) is 18.5 Å². The van der Waals surface area contributed by atoms with Crippen molar-refractivity contribution in [3.63, 3.8) is 0 Å². The van der Waals surface area contributed by atoms with Crippen LogP contribution in [-0.2, 0) is 11.0 Å². The lowest BCUT2D eigenvalue weighted by Gasteiger charge is -2.46. The van der Waals surface area contributed by atoms with Crippen molar-refractivity contribution in [1.29, 1.82) is 0 Å². The highest BCUT2D eigenvalue weighted by atomic mass is 15.4. The van der Waals surface area contributed by atoms with E-state index in [4.69, 9.17) is 5.10 Å². The molecule has 3 aromatic carbocycles. The number of hydrogen-bond acceptors (Lipinski definition) is 1. The van der Waals surface area contributed by atoms with Gasteiger partial charge in [0, 0.05) is 15.9 Å². The Hall–Kier alpha value is -3.20. The molecule has 3 nitrogen and oxygen atoms in total. The Kier molecular flexibility index (Phi) is 4.12. The maximum Gasteiger partial charge on any atom is 0.315 e. The molecule has 166 valence electrons. The van der Waals surface area contributed by atoms with Crippen molar-refractivity contribution in [2.24, 2.45) is 0 Å². The van der Waals surface area contributed by atoms with Crippen LogP contribution in [-0.4, -0.2) is 9.78 Å². The Balaban J connectivity index is 1.96. The topological polar surface area (TPSA) is 21.9 Å². The molecule has 0 amide bonds.